The van der Waals surface area contributed by atoms with Crippen LogP contribution >= 0.6 is 0 Å². The van der Waals surface area contributed by atoms with Gasteiger partial charge in [-0.25, -0.2) is 4.98 Å². The quantitative estimate of drug-likeness (QED) is 0.752. The van der Waals surface area contributed by atoms with E-state index in [1.807, 2.05) is 13.2 Å². The molecule has 0 spiro atoms. The summed E-state index contributed by atoms with van der Waals surface area (Å²) in [6, 6.07) is 0. The Morgan fingerprint density at radius 1 is 1.47 bits per heavy atom. The van der Waals surface area contributed by atoms with E-state index in [-0.39, 0.29) is 0 Å². The first-order valence-electron chi connectivity index (χ1n) is 5.43. The average molecular weight is 236 g/mol. The zero-order chi connectivity index (χ0) is 12.1. The summed E-state index contributed by atoms with van der Waals surface area (Å²) in [7, 11) is 3.54. The van der Waals surface area contributed by atoms with Crippen LogP contribution < -0.4 is 5.32 Å². The zero-order valence-corrected chi connectivity index (χ0v) is 10.0. The van der Waals surface area contributed by atoms with Crippen LogP contribution in [0.4, 0.5) is 0 Å². The first-order chi connectivity index (χ1) is 8.29. The van der Waals surface area contributed by atoms with E-state index in [9.17, 15) is 0 Å². The molecule has 0 aliphatic carbocycles. The van der Waals surface area contributed by atoms with Crippen LogP contribution in [-0.2, 0) is 18.3 Å². The highest BCUT2D eigenvalue weighted by Gasteiger charge is 2.07. The second-order valence-electron chi connectivity index (χ2n) is 3.69. The van der Waals surface area contributed by atoms with E-state index in [2.05, 4.69) is 15.4 Å². The molecule has 6 heteroatoms. The molecule has 0 saturated heterocycles. The molecular formula is C11H16N4O2. The number of hydrogen-bond donors (Lipinski definition) is 1. The normalized spacial score (nSPS) is 10.9. The van der Waals surface area contributed by atoms with E-state index in [0.29, 0.717) is 19.0 Å². The molecule has 2 rings (SSSR count). The molecule has 0 amide bonds. The summed E-state index contributed by atoms with van der Waals surface area (Å²) in [5.41, 5.74) is 0.933. The average Bonchev–Trinajstić information content (AvgIpc) is 2.93. The maximum Gasteiger partial charge on any atom is 0.208 e. The van der Waals surface area contributed by atoms with Gasteiger partial charge >= 0.3 is 0 Å². The summed E-state index contributed by atoms with van der Waals surface area (Å²) >= 11 is 0. The molecule has 0 saturated carbocycles. The van der Waals surface area contributed by atoms with Gasteiger partial charge < -0.3 is 14.5 Å². The molecule has 0 unspecified atom stereocenters. The third-order valence-corrected chi connectivity index (χ3v) is 2.30. The molecule has 2 heterocycles. The summed E-state index contributed by atoms with van der Waals surface area (Å²) in [6.45, 7) is 2.06. The van der Waals surface area contributed by atoms with Crippen molar-refractivity contribution in [2.24, 2.45) is 7.05 Å². The van der Waals surface area contributed by atoms with Crippen molar-refractivity contribution in [3.63, 3.8) is 0 Å². The Morgan fingerprint density at radius 2 is 2.35 bits per heavy atom. The van der Waals surface area contributed by atoms with Gasteiger partial charge in [0.25, 0.3) is 0 Å². The van der Waals surface area contributed by atoms with Crippen molar-refractivity contribution in [3.8, 4) is 11.3 Å². The number of nitrogens with one attached hydrogen (secondary N) is 1. The fourth-order valence-corrected chi connectivity index (χ4v) is 1.44. The molecule has 6 nitrogen and oxygen atoms in total. The van der Waals surface area contributed by atoms with Crippen LogP contribution in [0.3, 0.4) is 0 Å². The molecule has 92 valence electrons. The summed E-state index contributed by atoms with van der Waals surface area (Å²) < 4.78 is 12.3. The van der Waals surface area contributed by atoms with Gasteiger partial charge in [0, 0.05) is 26.9 Å². The van der Waals surface area contributed by atoms with Crippen LogP contribution in [0.2, 0.25) is 0 Å². The highest BCUT2D eigenvalue weighted by atomic mass is 16.5. The Kier molecular flexibility index (Phi) is 3.89. The van der Waals surface area contributed by atoms with Crippen molar-refractivity contribution in [3.05, 3.63) is 24.5 Å². The fraction of sp³-hybridized carbons (Fsp3) is 0.455. The Labute approximate surface area is 99.6 Å². The smallest absolute Gasteiger partial charge is 0.208 e. The van der Waals surface area contributed by atoms with Gasteiger partial charge in [0.1, 0.15) is 0 Å². The standard InChI is InChI=1S/C11H16N4O2/c1-15-8-9(5-14-15)10-6-13-11(17-10)7-12-3-4-16-2/h5-6,8,12H,3-4,7H2,1-2H3. The third kappa shape index (κ3) is 3.15. The molecule has 0 fully saturated rings. The predicted octanol–water partition coefficient (Wildman–Crippen LogP) is 0.811. The van der Waals surface area contributed by atoms with Crippen LogP contribution in [0.1, 0.15) is 5.89 Å². The van der Waals surface area contributed by atoms with Crippen molar-refractivity contribution in [1.82, 2.24) is 20.1 Å². The number of hydrogen-bond acceptors (Lipinski definition) is 5. The highest BCUT2D eigenvalue weighted by molar-refractivity contribution is 5.53. The monoisotopic (exact) mass is 236 g/mol. The van der Waals surface area contributed by atoms with Gasteiger partial charge in [-0.2, -0.15) is 5.10 Å². The van der Waals surface area contributed by atoms with E-state index in [1.54, 1.807) is 24.2 Å². The number of aryl methyl sites for hydroxylation is 1. The lowest BCUT2D eigenvalue weighted by Gasteiger charge is -1.99. The number of nitrogens with zero attached hydrogens (tertiary/aromatic N) is 3. The van der Waals surface area contributed by atoms with Crippen LogP contribution in [0.25, 0.3) is 11.3 Å². The molecule has 0 aromatic carbocycles. The summed E-state index contributed by atoms with van der Waals surface area (Å²) in [5.74, 6) is 1.40. The largest absolute Gasteiger partial charge is 0.439 e. The number of oxazole rings is 1. The summed E-state index contributed by atoms with van der Waals surface area (Å²) in [5, 5.41) is 7.26. The van der Waals surface area contributed by atoms with E-state index < -0.39 is 0 Å². The van der Waals surface area contributed by atoms with Crippen molar-refractivity contribution in [2.45, 2.75) is 6.54 Å². The number of rotatable bonds is 6. The van der Waals surface area contributed by atoms with Gasteiger partial charge in [-0.1, -0.05) is 0 Å². The SMILES string of the molecule is COCCNCc1ncc(-c2cnn(C)c2)o1. The number of methoxy groups -OCH3 is 1. The first kappa shape index (κ1) is 11.8. The predicted molar refractivity (Wildman–Crippen MR) is 62.3 cm³/mol. The first-order valence-corrected chi connectivity index (χ1v) is 5.43. The van der Waals surface area contributed by atoms with Gasteiger partial charge in [0.05, 0.1) is 31.1 Å². The van der Waals surface area contributed by atoms with Crippen LogP contribution in [0.15, 0.2) is 23.0 Å². The lowest BCUT2D eigenvalue weighted by Crippen LogP contribution is -2.18. The minimum atomic E-state index is 0.601. The molecule has 0 atom stereocenters. The molecule has 1 N–H and O–H groups in total. The number of aromatic nitrogens is 3. The second kappa shape index (κ2) is 5.60. The molecule has 0 bridgehead atoms. The minimum Gasteiger partial charge on any atom is -0.439 e. The van der Waals surface area contributed by atoms with Gasteiger partial charge in [-0.05, 0) is 0 Å². The van der Waals surface area contributed by atoms with Crippen molar-refractivity contribution in [1.29, 1.82) is 0 Å². The number of ether oxygens (including phenoxy) is 1. The Hall–Kier alpha value is -1.66. The Bertz CT molecular complexity index is 463. The lowest BCUT2D eigenvalue weighted by atomic mass is 10.3. The molecule has 0 aliphatic rings. The van der Waals surface area contributed by atoms with Crippen LogP contribution in [0.5, 0.6) is 0 Å². The van der Waals surface area contributed by atoms with E-state index in [0.717, 1.165) is 17.9 Å². The van der Waals surface area contributed by atoms with Gasteiger partial charge in [0.15, 0.2) is 5.76 Å². The lowest BCUT2D eigenvalue weighted by molar-refractivity contribution is 0.198. The van der Waals surface area contributed by atoms with Crippen molar-refractivity contribution >= 4 is 0 Å². The molecular weight excluding hydrogens is 220 g/mol. The van der Waals surface area contributed by atoms with Gasteiger partial charge in [-0.3, -0.25) is 4.68 Å². The van der Waals surface area contributed by atoms with Crippen molar-refractivity contribution < 1.29 is 9.15 Å². The highest BCUT2D eigenvalue weighted by Crippen LogP contribution is 2.18. The molecule has 2 aromatic heterocycles. The van der Waals surface area contributed by atoms with E-state index >= 15 is 0 Å². The van der Waals surface area contributed by atoms with E-state index in [1.165, 1.54) is 0 Å². The maximum absolute atomic E-state index is 5.60. The maximum atomic E-state index is 5.60. The fourth-order valence-electron chi connectivity index (χ4n) is 1.44. The van der Waals surface area contributed by atoms with Gasteiger partial charge in [0.2, 0.25) is 5.89 Å². The van der Waals surface area contributed by atoms with Crippen LogP contribution in [0, 0.1) is 0 Å². The topological polar surface area (TPSA) is 65.1 Å². The van der Waals surface area contributed by atoms with E-state index in [4.69, 9.17) is 9.15 Å². The zero-order valence-electron chi connectivity index (χ0n) is 10.0. The summed E-state index contributed by atoms with van der Waals surface area (Å²) in [6.07, 6.45) is 5.36. The molecule has 0 radical (unpaired) electrons. The van der Waals surface area contributed by atoms with Gasteiger partial charge in [-0.15, -0.1) is 0 Å². The Balaban J connectivity index is 1.92. The Morgan fingerprint density at radius 3 is 3.06 bits per heavy atom. The van der Waals surface area contributed by atoms with Crippen molar-refractivity contribution in [2.75, 3.05) is 20.3 Å². The minimum absolute atomic E-state index is 0.601. The van der Waals surface area contributed by atoms with Crippen LogP contribution in [-0.4, -0.2) is 35.0 Å². The summed E-state index contributed by atoms with van der Waals surface area (Å²) in [4.78, 5) is 4.19. The molecule has 0 aliphatic heterocycles. The second-order valence-corrected chi connectivity index (χ2v) is 3.69. The third-order valence-electron chi connectivity index (χ3n) is 2.30. The molecule has 17 heavy (non-hydrogen) atoms. The molecule has 2 aromatic rings.